The molecule has 3 aromatic rings. The van der Waals surface area contributed by atoms with Crippen molar-refractivity contribution >= 4 is 27.2 Å². The molecule has 0 fully saturated rings. The summed E-state index contributed by atoms with van der Waals surface area (Å²) >= 11 is 1.17. The van der Waals surface area contributed by atoms with Crippen molar-refractivity contribution in [1.82, 2.24) is 14.6 Å². The largest absolute Gasteiger partial charge is 0.481 e. The van der Waals surface area contributed by atoms with Gasteiger partial charge >= 0.3 is 0 Å². The first-order chi connectivity index (χ1) is 11.4. The van der Waals surface area contributed by atoms with E-state index in [0.29, 0.717) is 11.6 Å². The van der Waals surface area contributed by atoms with Gasteiger partial charge in [0.1, 0.15) is 10.8 Å². The first kappa shape index (κ1) is 16.7. The molecule has 0 aliphatic rings. The minimum absolute atomic E-state index is 0.0531. The smallest absolute Gasteiger partial charge is 0.218 e. The van der Waals surface area contributed by atoms with Crippen LogP contribution in [-0.4, -0.2) is 36.4 Å². The highest BCUT2D eigenvalue weighted by Gasteiger charge is 2.29. The van der Waals surface area contributed by atoms with Gasteiger partial charge in [0.05, 0.1) is 12.0 Å². The molecule has 0 aliphatic carbocycles. The number of ether oxygens (including phenoxy) is 1. The van der Waals surface area contributed by atoms with E-state index in [4.69, 9.17) is 4.74 Å². The summed E-state index contributed by atoms with van der Waals surface area (Å²) in [4.78, 5) is 4.10. The molecule has 0 N–H and O–H groups in total. The number of fused-ring (bicyclic) bond motifs is 1. The molecule has 1 aromatic carbocycles. The summed E-state index contributed by atoms with van der Waals surface area (Å²) < 4.78 is 46.2. The highest BCUT2D eigenvalue weighted by Crippen LogP contribution is 2.34. The van der Waals surface area contributed by atoms with Gasteiger partial charge in [0, 0.05) is 11.8 Å². The second-order valence-electron chi connectivity index (χ2n) is 4.97. The zero-order valence-corrected chi connectivity index (χ0v) is 14.8. The topological polar surface area (TPSA) is 73.6 Å². The van der Waals surface area contributed by atoms with Crippen molar-refractivity contribution in [3.05, 3.63) is 41.8 Å². The van der Waals surface area contributed by atoms with Crippen LogP contribution in [0.4, 0.5) is 4.39 Å². The van der Waals surface area contributed by atoms with Crippen LogP contribution in [0.2, 0.25) is 0 Å². The van der Waals surface area contributed by atoms with E-state index in [0.717, 1.165) is 6.07 Å². The first-order valence-corrected chi connectivity index (χ1v) is 9.58. The van der Waals surface area contributed by atoms with E-state index in [1.807, 2.05) is 0 Å². The van der Waals surface area contributed by atoms with E-state index in [-0.39, 0.29) is 20.5 Å². The fourth-order valence-electron chi connectivity index (χ4n) is 2.33. The second kappa shape index (κ2) is 6.06. The molecule has 0 saturated heterocycles. The number of thioether (sulfide) groups is 1. The van der Waals surface area contributed by atoms with Crippen LogP contribution < -0.4 is 4.74 Å². The molecule has 24 heavy (non-hydrogen) atoms. The number of methoxy groups -OCH3 is 1. The Bertz CT molecular complexity index is 1030. The van der Waals surface area contributed by atoms with Gasteiger partial charge < -0.3 is 4.74 Å². The summed E-state index contributed by atoms with van der Waals surface area (Å²) in [7, 11) is -2.52. The molecule has 6 nitrogen and oxygen atoms in total. The molecular weight excluding hydrogens is 353 g/mol. The molecule has 0 atom stereocenters. The number of aromatic nitrogens is 3. The first-order valence-electron chi connectivity index (χ1n) is 6.87. The Labute approximate surface area is 142 Å². The highest BCUT2D eigenvalue weighted by atomic mass is 32.2. The molecule has 126 valence electrons. The Kier molecular flexibility index (Phi) is 4.22. The number of nitrogens with zero attached hydrogens (tertiary/aromatic N) is 3. The lowest BCUT2D eigenvalue weighted by atomic mass is 10.4. The Morgan fingerprint density at radius 3 is 2.67 bits per heavy atom. The van der Waals surface area contributed by atoms with E-state index in [1.54, 1.807) is 19.2 Å². The lowest BCUT2D eigenvalue weighted by Gasteiger charge is -2.06. The van der Waals surface area contributed by atoms with Crippen molar-refractivity contribution in [3.63, 3.8) is 0 Å². The number of sulfone groups is 1. The fourth-order valence-corrected chi connectivity index (χ4v) is 4.76. The number of hydrogen-bond donors (Lipinski definition) is 0. The summed E-state index contributed by atoms with van der Waals surface area (Å²) in [6, 6.07) is 6.53. The van der Waals surface area contributed by atoms with Crippen LogP contribution in [-0.2, 0) is 9.84 Å². The maximum atomic E-state index is 13.5. The van der Waals surface area contributed by atoms with Crippen molar-refractivity contribution in [2.45, 2.75) is 21.7 Å². The van der Waals surface area contributed by atoms with Gasteiger partial charge in [-0.3, -0.25) is 0 Å². The van der Waals surface area contributed by atoms with Crippen LogP contribution in [0, 0.1) is 12.7 Å². The lowest BCUT2D eigenvalue weighted by Crippen LogP contribution is -2.05. The van der Waals surface area contributed by atoms with E-state index in [1.165, 1.54) is 41.6 Å². The summed E-state index contributed by atoms with van der Waals surface area (Å²) in [5, 5.41) is 4.55. The number of halogens is 1. The van der Waals surface area contributed by atoms with E-state index in [2.05, 4.69) is 10.1 Å². The normalized spacial score (nSPS) is 11.8. The SMILES string of the molecule is COc1cc(C)nc2c(S(=O)(=O)c3cccc(F)c3)c(SC)nn12. The quantitative estimate of drug-likeness (QED) is 0.660. The van der Waals surface area contributed by atoms with Crippen LogP contribution in [0.5, 0.6) is 5.88 Å². The molecule has 2 aromatic heterocycles. The number of rotatable bonds is 4. The molecule has 0 radical (unpaired) electrons. The second-order valence-corrected chi connectivity index (χ2v) is 7.66. The van der Waals surface area contributed by atoms with Crippen LogP contribution in [0.3, 0.4) is 0 Å². The molecule has 0 spiro atoms. The average Bonchev–Trinajstić information content (AvgIpc) is 2.93. The van der Waals surface area contributed by atoms with Gasteiger partial charge in [-0.05, 0) is 31.4 Å². The predicted molar refractivity (Wildman–Crippen MR) is 87.9 cm³/mol. The molecule has 0 aliphatic heterocycles. The zero-order chi connectivity index (χ0) is 17.5. The van der Waals surface area contributed by atoms with Gasteiger partial charge in [0.2, 0.25) is 15.7 Å². The van der Waals surface area contributed by atoms with E-state index in [9.17, 15) is 12.8 Å². The maximum absolute atomic E-state index is 13.5. The number of benzene rings is 1. The molecule has 0 amide bonds. The Morgan fingerprint density at radius 1 is 1.29 bits per heavy atom. The molecule has 0 saturated carbocycles. The molecule has 3 rings (SSSR count). The Morgan fingerprint density at radius 2 is 2.04 bits per heavy atom. The van der Waals surface area contributed by atoms with Gasteiger partial charge in [0.25, 0.3) is 0 Å². The van der Waals surface area contributed by atoms with Gasteiger partial charge in [-0.15, -0.1) is 11.8 Å². The molecule has 0 bridgehead atoms. The van der Waals surface area contributed by atoms with Crippen molar-refractivity contribution in [2.24, 2.45) is 0 Å². The van der Waals surface area contributed by atoms with Crippen molar-refractivity contribution < 1.29 is 17.5 Å². The monoisotopic (exact) mass is 367 g/mol. The van der Waals surface area contributed by atoms with E-state index >= 15 is 0 Å². The van der Waals surface area contributed by atoms with E-state index < -0.39 is 15.7 Å². The van der Waals surface area contributed by atoms with Gasteiger partial charge in [0.15, 0.2) is 10.5 Å². The van der Waals surface area contributed by atoms with Gasteiger partial charge in [-0.2, -0.15) is 9.61 Å². The standard InChI is InChI=1S/C15H14FN3O3S2/c1-9-7-12(22-2)19-14(17-9)13(15(18-19)23-3)24(20,21)11-6-4-5-10(16)8-11/h4-8H,1-3H3. The summed E-state index contributed by atoms with van der Waals surface area (Å²) in [6.07, 6.45) is 1.71. The average molecular weight is 367 g/mol. The van der Waals surface area contributed by atoms with Gasteiger partial charge in [-0.1, -0.05) is 6.07 Å². The van der Waals surface area contributed by atoms with Crippen LogP contribution in [0.15, 0.2) is 45.1 Å². The molecule has 0 unspecified atom stereocenters. The fraction of sp³-hybridized carbons (Fsp3) is 0.200. The lowest BCUT2D eigenvalue weighted by molar-refractivity contribution is 0.383. The predicted octanol–water partition coefficient (Wildman–Crippen LogP) is 2.74. The number of aryl methyl sites for hydroxylation is 1. The highest BCUT2D eigenvalue weighted by molar-refractivity contribution is 7.99. The van der Waals surface area contributed by atoms with Gasteiger partial charge in [-0.25, -0.2) is 17.8 Å². The molecule has 2 heterocycles. The minimum atomic E-state index is -3.99. The maximum Gasteiger partial charge on any atom is 0.218 e. The third-order valence-electron chi connectivity index (χ3n) is 3.39. The van der Waals surface area contributed by atoms with Crippen LogP contribution >= 0.6 is 11.8 Å². The Hall–Kier alpha value is -2.13. The summed E-state index contributed by atoms with van der Waals surface area (Å²) in [6.45, 7) is 1.73. The van der Waals surface area contributed by atoms with Crippen molar-refractivity contribution in [3.8, 4) is 5.88 Å². The number of hydrogen-bond acceptors (Lipinski definition) is 6. The van der Waals surface area contributed by atoms with Crippen molar-refractivity contribution in [1.29, 1.82) is 0 Å². The third kappa shape index (κ3) is 2.63. The molecule has 9 heteroatoms. The Balaban J connectivity index is 2.38. The van der Waals surface area contributed by atoms with Crippen LogP contribution in [0.25, 0.3) is 5.65 Å². The molecular formula is C15H14FN3O3S2. The van der Waals surface area contributed by atoms with Crippen molar-refractivity contribution in [2.75, 3.05) is 13.4 Å². The summed E-state index contributed by atoms with van der Waals surface area (Å²) in [5.41, 5.74) is 0.739. The van der Waals surface area contributed by atoms with Crippen LogP contribution in [0.1, 0.15) is 5.69 Å². The zero-order valence-electron chi connectivity index (χ0n) is 13.1. The third-order valence-corrected chi connectivity index (χ3v) is 5.98. The minimum Gasteiger partial charge on any atom is -0.481 e. The summed E-state index contributed by atoms with van der Waals surface area (Å²) in [5.74, 6) is -0.256.